The lowest BCUT2D eigenvalue weighted by atomic mass is 9.76. The molecular weight excluding hydrogens is 240 g/mol. The van der Waals surface area contributed by atoms with Crippen LogP contribution in [0.5, 0.6) is 0 Å². The third kappa shape index (κ3) is 1.67. The van der Waals surface area contributed by atoms with E-state index >= 15 is 0 Å². The fourth-order valence-corrected chi connectivity index (χ4v) is 4.35. The number of rotatable bonds is 2. The molecule has 0 saturated heterocycles. The van der Waals surface area contributed by atoms with Gasteiger partial charge in [-0.05, 0) is 52.9 Å². The first kappa shape index (κ1) is 12.0. The Hall–Kier alpha value is -1.82. The first-order valence-electron chi connectivity index (χ1n) is 7.63. The fourth-order valence-electron chi connectivity index (χ4n) is 4.35. The zero-order valence-electron chi connectivity index (χ0n) is 12.0. The Labute approximate surface area is 121 Å². The summed E-state index contributed by atoms with van der Waals surface area (Å²) in [5, 5.41) is 0. The second kappa shape index (κ2) is 4.34. The minimum atomic E-state index is 0.386. The van der Waals surface area contributed by atoms with Crippen LogP contribution in [0.2, 0.25) is 0 Å². The Bertz CT molecular complexity index is 651. The van der Waals surface area contributed by atoms with Crippen molar-refractivity contribution in [3.05, 3.63) is 71.8 Å². The third-order valence-corrected chi connectivity index (χ3v) is 5.17. The number of allylic oxidation sites excluding steroid dienone is 2. The van der Waals surface area contributed by atoms with Gasteiger partial charge in [-0.3, -0.25) is 0 Å². The molecule has 20 heavy (non-hydrogen) atoms. The van der Waals surface area contributed by atoms with E-state index in [2.05, 4.69) is 67.6 Å². The van der Waals surface area contributed by atoms with Crippen LogP contribution in [0.15, 0.2) is 60.7 Å². The molecule has 0 heterocycles. The summed E-state index contributed by atoms with van der Waals surface area (Å²) >= 11 is 0. The van der Waals surface area contributed by atoms with Gasteiger partial charge >= 0.3 is 0 Å². The van der Waals surface area contributed by atoms with Gasteiger partial charge in [0.15, 0.2) is 0 Å². The molecule has 2 aliphatic rings. The Morgan fingerprint density at radius 2 is 1.45 bits per heavy atom. The average Bonchev–Trinajstić information content (AvgIpc) is 3.02. The molecule has 2 bridgehead atoms. The Balaban J connectivity index is 1.96. The highest BCUT2D eigenvalue weighted by Crippen LogP contribution is 2.63. The molecule has 0 spiro atoms. The van der Waals surface area contributed by atoms with Gasteiger partial charge in [-0.2, -0.15) is 0 Å². The predicted octanol–water partition coefficient (Wildman–Crippen LogP) is 5.42. The quantitative estimate of drug-likeness (QED) is 0.676. The van der Waals surface area contributed by atoms with E-state index in [-0.39, 0.29) is 0 Å². The average molecular weight is 260 g/mol. The maximum absolute atomic E-state index is 2.46. The van der Waals surface area contributed by atoms with Crippen molar-refractivity contribution in [2.45, 2.75) is 26.2 Å². The number of hydrogen-bond acceptors (Lipinski definition) is 0. The molecule has 0 aliphatic heterocycles. The number of fused-ring (bicyclic) bond motifs is 2. The van der Waals surface area contributed by atoms with Crippen LogP contribution in [-0.4, -0.2) is 0 Å². The third-order valence-electron chi connectivity index (χ3n) is 5.17. The minimum Gasteiger partial charge on any atom is -0.0622 e. The van der Waals surface area contributed by atoms with Crippen LogP contribution in [0.25, 0.3) is 11.1 Å². The van der Waals surface area contributed by atoms with E-state index in [1.807, 2.05) is 0 Å². The van der Waals surface area contributed by atoms with Gasteiger partial charge in [0.05, 0.1) is 0 Å². The topological polar surface area (TPSA) is 0 Å². The van der Waals surface area contributed by atoms with Gasteiger partial charge in [0.2, 0.25) is 0 Å². The van der Waals surface area contributed by atoms with E-state index in [1.165, 1.54) is 30.4 Å². The highest BCUT2D eigenvalue weighted by atomic mass is 14.5. The second-order valence-corrected chi connectivity index (χ2v) is 6.52. The van der Waals surface area contributed by atoms with Gasteiger partial charge in [-0.25, -0.2) is 0 Å². The molecule has 0 amide bonds. The molecule has 4 rings (SSSR count). The molecule has 0 radical (unpaired) electrons. The van der Waals surface area contributed by atoms with Crippen molar-refractivity contribution in [1.82, 2.24) is 0 Å². The SMILES string of the molecule is CC12CCC(C1)C(c1ccccc1)=C2c1ccccc1. The Morgan fingerprint density at radius 1 is 0.850 bits per heavy atom. The van der Waals surface area contributed by atoms with Crippen LogP contribution in [-0.2, 0) is 0 Å². The maximum Gasteiger partial charge on any atom is -0.00602 e. The van der Waals surface area contributed by atoms with Gasteiger partial charge in [0.1, 0.15) is 0 Å². The van der Waals surface area contributed by atoms with Crippen molar-refractivity contribution in [1.29, 1.82) is 0 Å². The summed E-state index contributed by atoms with van der Waals surface area (Å²) < 4.78 is 0. The molecule has 2 aliphatic carbocycles. The molecule has 0 aromatic heterocycles. The first-order chi connectivity index (χ1) is 9.78. The molecule has 2 unspecified atom stereocenters. The molecule has 100 valence electrons. The largest absolute Gasteiger partial charge is 0.0622 e. The summed E-state index contributed by atoms with van der Waals surface area (Å²) in [5.41, 5.74) is 6.47. The lowest BCUT2D eigenvalue weighted by Crippen LogP contribution is -2.12. The predicted molar refractivity (Wildman–Crippen MR) is 85.1 cm³/mol. The number of hydrogen-bond donors (Lipinski definition) is 0. The van der Waals surface area contributed by atoms with E-state index in [0.717, 1.165) is 5.92 Å². The molecule has 2 aromatic carbocycles. The van der Waals surface area contributed by atoms with Gasteiger partial charge in [-0.1, -0.05) is 67.6 Å². The zero-order chi connectivity index (χ0) is 13.6. The van der Waals surface area contributed by atoms with Crippen LogP contribution in [0.4, 0.5) is 0 Å². The summed E-state index contributed by atoms with van der Waals surface area (Å²) in [6.45, 7) is 2.46. The van der Waals surface area contributed by atoms with Crippen molar-refractivity contribution in [2.75, 3.05) is 0 Å². The van der Waals surface area contributed by atoms with Crippen LogP contribution >= 0.6 is 0 Å². The Morgan fingerprint density at radius 3 is 2.10 bits per heavy atom. The van der Waals surface area contributed by atoms with E-state index in [1.54, 1.807) is 11.1 Å². The van der Waals surface area contributed by atoms with Crippen LogP contribution in [0, 0.1) is 11.3 Å². The van der Waals surface area contributed by atoms with Crippen molar-refractivity contribution < 1.29 is 0 Å². The fraction of sp³-hybridized carbons (Fsp3) is 0.300. The van der Waals surface area contributed by atoms with Gasteiger partial charge in [0, 0.05) is 0 Å². The summed E-state index contributed by atoms with van der Waals surface area (Å²) in [6, 6.07) is 22.0. The molecular formula is C20H20. The monoisotopic (exact) mass is 260 g/mol. The van der Waals surface area contributed by atoms with Crippen LogP contribution < -0.4 is 0 Å². The molecule has 1 saturated carbocycles. The molecule has 2 aromatic rings. The number of benzene rings is 2. The van der Waals surface area contributed by atoms with Crippen molar-refractivity contribution >= 4 is 11.1 Å². The summed E-state index contributed by atoms with van der Waals surface area (Å²) in [5.74, 6) is 0.762. The van der Waals surface area contributed by atoms with Crippen LogP contribution in [0.1, 0.15) is 37.3 Å². The highest BCUT2D eigenvalue weighted by Gasteiger charge is 2.48. The summed E-state index contributed by atoms with van der Waals surface area (Å²) in [4.78, 5) is 0. The van der Waals surface area contributed by atoms with Gasteiger partial charge in [0.25, 0.3) is 0 Å². The van der Waals surface area contributed by atoms with Crippen molar-refractivity contribution in [3.63, 3.8) is 0 Å². The van der Waals surface area contributed by atoms with E-state index in [0.29, 0.717) is 5.41 Å². The zero-order valence-corrected chi connectivity index (χ0v) is 12.0. The summed E-state index contributed by atoms with van der Waals surface area (Å²) in [6.07, 6.45) is 4.04. The molecule has 2 atom stereocenters. The highest BCUT2D eigenvalue weighted by molar-refractivity contribution is 5.97. The van der Waals surface area contributed by atoms with Gasteiger partial charge in [-0.15, -0.1) is 0 Å². The molecule has 0 N–H and O–H groups in total. The first-order valence-corrected chi connectivity index (χ1v) is 7.63. The Kier molecular flexibility index (Phi) is 2.60. The standard InChI is InChI=1S/C20H20/c1-20-13-12-17(14-20)18(15-8-4-2-5-9-15)19(20)16-10-6-3-7-11-16/h2-11,17H,12-14H2,1H3. The van der Waals surface area contributed by atoms with Crippen molar-refractivity contribution in [2.24, 2.45) is 11.3 Å². The van der Waals surface area contributed by atoms with Gasteiger partial charge < -0.3 is 0 Å². The molecule has 1 fully saturated rings. The molecule has 0 heteroatoms. The normalized spacial score (nSPS) is 28.1. The van der Waals surface area contributed by atoms with Crippen molar-refractivity contribution in [3.8, 4) is 0 Å². The summed E-state index contributed by atoms with van der Waals surface area (Å²) in [7, 11) is 0. The lowest BCUT2D eigenvalue weighted by Gasteiger charge is -2.28. The second-order valence-electron chi connectivity index (χ2n) is 6.52. The maximum atomic E-state index is 2.46. The van der Waals surface area contributed by atoms with E-state index < -0.39 is 0 Å². The van der Waals surface area contributed by atoms with Crippen LogP contribution in [0.3, 0.4) is 0 Å². The van der Waals surface area contributed by atoms with E-state index in [9.17, 15) is 0 Å². The molecule has 0 nitrogen and oxygen atoms in total. The van der Waals surface area contributed by atoms with E-state index in [4.69, 9.17) is 0 Å². The lowest BCUT2D eigenvalue weighted by molar-refractivity contribution is 0.473. The minimum absolute atomic E-state index is 0.386. The smallest absolute Gasteiger partial charge is 0.00602 e.